The Balaban J connectivity index is 1.20. The fourth-order valence-electron chi connectivity index (χ4n) is 4.70. The molecule has 0 aliphatic carbocycles. The number of ether oxygens (including phenoxy) is 5. The number of fused-ring (bicyclic) bond motifs is 1. The first-order valence-electron chi connectivity index (χ1n) is 11.1. The minimum atomic E-state index is -0.407. The van der Waals surface area contributed by atoms with E-state index >= 15 is 0 Å². The van der Waals surface area contributed by atoms with Gasteiger partial charge in [0.25, 0.3) is 0 Å². The summed E-state index contributed by atoms with van der Waals surface area (Å²) < 4.78 is 28.6. The minimum Gasteiger partial charge on any atom is -0.454 e. The molecular weight excluding hydrogens is 400 g/mol. The number of hydrogen-bond acceptors (Lipinski definition) is 7. The van der Waals surface area contributed by atoms with Gasteiger partial charge < -0.3 is 28.6 Å². The van der Waals surface area contributed by atoms with Crippen molar-refractivity contribution in [2.24, 2.45) is 0 Å². The molecule has 31 heavy (non-hydrogen) atoms. The molecule has 1 aromatic carbocycles. The van der Waals surface area contributed by atoms with Crippen molar-refractivity contribution < 1.29 is 28.5 Å². The molecule has 0 bridgehead atoms. The SMILES string of the molecule is O=C(/C=C/c1ccc2c(c1)OCO2)N1CCOC[C@@]2(CC[C@H](CN3CCOCC3)O2)C1. The smallest absolute Gasteiger partial charge is 0.246 e. The third-order valence-electron chi connectivity index (χ3n) is 6.38. The van der Waals surface area contributed by atoms with E-state index < -0.39 is 5.60 Å². The van der Waals surface area contributed by atoms with Crippen LogP contribution in [0.4, 0.5) is 0 Å². The molecule has 0 saturated carbocycles. The maximum atomic E-state index is 12.9. The summed E-state index contributed by atoms with van der Waals surface area (Å²) in [6.45, 7) is 6.87. The van der Waals surface area contributed by atoms with Gasteiger partial charge >= 0.3 is 0 Å². The van der Waals surface area contributed by atoms with Crippen molar-refractivity contribution >= 4 is 12.0 Å². The molecular formula is C23H30N2O6. The van der Waals surface area contributed by atoms with Crippen molar-refractivity contribution in [2.45, 2.75) is 24.5 Å². The number of amides is 1. The third-order valence-corrected chi connectivity index (χ3v) is 6.38. The van der Waals surface area contributed by atoms with Gasteiger partial charge in [-0.25, -0.2) is 0 Å². The largest absolute Gasteiger partial charge is 0.454 e. The molecule has 3 fully saturated rings. The molecule has 5 rings (SSSR count). The third kappa shape index (κ3) is 4.87. The molecule has 3 saturated heterocycles. The summed E-state index contributed by atoms with van der Waals surface area (Å²) in [5.41, 5.74) is 0.497. The van der Waals surface area contributed by atoms with Gasteiger partial charge in [0, 0.05) is 32.3 Å². The van der Waals surface area contributed by atoms with Crippen LogP contribution in [0.3, 0.4) is 0 Å². The van der Waals surface area contributed by atoms with Gasteiger partial charge in [-0.3, -0.25) is 9.69 Å². The highest BCUT2D eigenvalue weighted by Crippen LogP contribution is 2.34. The van der Waals surface area contributed by atoms with E-state index in [2.05, 4.69) is 4.90 Å². The second-order valence-electron chi connectivity index (χ2n) is 8.63. The van der Waals surface area contributed by atoms with Crippen LogP contribution in [-0.4, -0.2) is 93.4 Å². The summed E-state index contributed by atoms with van der Waals surface area (Å²) in [5, 5.41) is 0. The lowest BCUT2D eigenvalue weighted by atomic mass is 10.00. The first-order chi connectivity index (χ1) is 15.2. The van der Waals surface area contributed by atoms with Crippen LogP contribution in [-0.2, 0) is 19.0 Å². The van der Waals surface area contributed by atoms with E-state index in [1.54, 1.807) is 6.08 Å². The average Bonchev–Trinajstić information content (AvgIpc) is 3.35. The summed E-state index contributed by atoms with van der Waals surface area (Å²) in [4.78, 5) is 17.2. The first-order valence-corrected chi connectivity index (χ1v) is 11.1. The van der Waals surface area contributed by atoms with Crippen molar-refractivity contribution in [1.82, 2.24) is 9.80 Å². The summed E-state index contributed by atoms with van der Waals surface area (Å²) in [5.74, 6) is 1.42. The van der Waals surface area contributed by atoms with E-state index in [0.29, 0.717) is 32.1 Å². The van der Waals surface area contributed by atoms with Gasteiger partial charge in [0.05, 0.1) is 39.1 Å². The van der Waals surface area contributed by atoms with Gasteiger partial charge in [0.1, 0.15) is 5.60 Å². The quantitative estimate of drug-likeness (QED) is 0.671. The van der Waals surface area contributed by atoms with E-state index in [0.717, 1.165) is 57.0 Å². The van der Waals surface area contributed by atoms with Crippen LogP contribution in [0.5, 0.6) is 11.5 Å². The van der Waals surface area contributed by atoms with Crippen molar-refractivity contribution in [2.75, 3.05) is 65.9 Å². The van der Waals surface area contributed by atoms with Crippen molar-refractivity contribution in [3.8, 4) is 11.5 Å². The van der Waals surface area contributed by atoms with E-state index in [1.165, 1.54) is 0 Å². The standard InChI is InChI=1S/C23H30N2O6/c26-22(4-2-18-1-3-20-21(13-18)30-17-29-20)25-9-12-28-16-23(15-25)6-5-19(31-23)14-24-7-10-27-11-8-24/h1-4,13,19H,5-12,14-17H2/b4-2+/t19-,23-/m1/s1. The van der Waals surface area contributed by atoms with Gasteiger partial charge in [-0.05, 0) is 36.6 Å². The molecule has 2 atom stereocenters. The minimum absolute atomic E-state index is 0.0252. The molecule has 4 aliphatic rings. The number of carbonyl (C=O) groups excluding carboxylic acids is 1. The predicted octanol–water partition coefficient (Wildman–Crippen LogP) is 1.54. The number of hydrogen-bond donors (Lipinski definition) is 0. The normalized spacial score (nSPS) is 29.0. The van der Waals surface area contributed by atoms with Gasteiger partial charge in [-0.1, -0.05) is 6.07 Å². The summed E-state index contributed by atoms with van der Waals surface area (Å²) >= 11 is 0. The molecule has 4 heterocycles. The molecule has 8 nitrogen and oxygen atoms in total. The number of morpholine rings is 1. The van der Waals surface area contributed by atoms with E-state index in [-0.39, 0.29) is 18.8 Å². The van der Waals surface area contributed by atoms with Gasteiger partial charge in [0.2, 0.25) is 12.7 Å². The molecule has 168 valence electrons. The van der Waals surface area contributed by atoms with Crippen LogP contribution >= 0.6 is 0 Å². The lowest BCUT2D eigenvalue weighted by Crippen LogP contribution is -2.47. The van der Waals surface area contributed by atoms with Crippen LogP contribution in [0.15, 0.2) is 24.3 Å². The Labute approximate surface area is 182 Å². The summed E-state index contributed by atoms with van der Waals surface area (Å²) in [6.07, 6.45) is 5.53. The average molecular weight is 431 g/mol. The van der Waals surface area contributed by atoms with Crippen LogP contribution in [0.1, 0.15) is 18.4 Å². The Morgan fingerprint density at radius 1 is 1.10 bits per heavy atom. The molecule has 0 aromatic heterocycles. The highest BCUT2D eigenvalue weighted by Gasteiger charge is 2.44. The fraction of sp³-hybridized carbons (Fsp3) is 0.609. The van der Waals surface area contributed by atoms with Gasteiger partial charge in [0.15, 0.2) is 11.5 Å². The number of carbonyl (C=O) groups is 1. The number of benzene rings is 1. The van der Waals surface area contributed by atoms with Gasteiger partial charge in [-0.15, -0.1) is 0 Å². The Bertz CT molecular complexity index is 824. The Hall–Kier alpha value is -2.13. The van der Waals surface area contributed by atoms with Crippen LogP contribution in [0.2, 0.25) is 0 Å². The Morgan fingerprint density at radius 2 is 1.94 bits per heavy atom. The molecule has 0 N–H and O–H groups in total. The van der Waals surface area contributed by atoms with Crippen molar-refractivity contribution in [3.63, 3.8) is 0 Å². The highest BCUT2D eigenvalue weighted by atomic mass is 16.7. The van der Waals surface area contributed by atoms with E-state index in [1.807, 2.05) is 29.2 Å². The second-order valence-corrected chi connectivity index (χ2v) is 8.63. The van der Waals surface area contributed by atoms with E-state index in [4.69, 9.17) is 23.7 Å². The molecule has 0 radical (unpaired) electrons. The van der Waals surface area contributed by atoms with Crippen molar-refractivity contribution in [3.05, 3.63) is 29.8 Å². The zero-order valence-corrected chi connectivity index (χ0v) is 17.8. The molecule has 4 aliphatic heterocycles. The lowest BCUT2D eigenvalue weighted by Gasteiger charge is -2.33. The van der Waals surface area contributed by atoms with Gasteiger partial charge in [-0.2, -0.15) is 0 Å². The first kappa shape index (κ1) is 20.8. The molecule has 1 amide bonds. The van der Waals surface area contributed by atoms with Crippen LogP contribution in [0, 0.1) is 0 Å². The molecule has 8 heteroatoms. The predicted molar refractivity (Wildman–Crippen MR) is 113 cm³/mol. The number of rotatable bonds is 4. The summed E-state index contributed by atoms with van der Waals surface area (Å²) in [6, 6.07) is 5.66. The monoisotopic (exact) mass is 430 g/mol. The van der Waals surface area contributed by atoms with Crippen molar-refractivity contribution in [1.29, 1.82) is 0 Å². The second kappa shape index (κ2) is 9.16. The molecule has 1 spiro atoms. The maximum absolute atomic E-state index is 12.9. The Kier molecular flexibility index (Phi) is 6.13. The van der Waals surface area contributed by atoms with Crippen LogP contribution in [0.25, 0.3) is 6.08 Å². The Morgan fingerprint density at radius 3 is 2.84 bits per heavy atom. The lowest BCUT2D eigenvalue weighted by molar-refractivity contribution is -0.131. The molecule has 1 aromatic rings. The van der Waals surface area contributed by atoms with Crippen LogP contribution < -0.4 is 9.47 Å². The highest BCUT2D eigenvalue weighted by molar-refractivity contribution is 5.92. The zero-order valence-electron chi connectivity index (χ0n) is 17.8. The number of nitrogens with zero attached hydrogens (tertiary/aromatic N) is 2. The summed E-state index contributed by atoms with van der Waals surface area (Å²) in [7, 11) is 0. The fourth-order valence-corrected chi connectivity index (χ4v) is 4.70. The topological polar surface area (TPSA) is 69.7 Å². The zero-order chi connectivity index (χ0) is 21.1. The molecule has 0 unspecified atom stereocenters. The van der Waals surface area contributed by atoms with E-state index in [9.17, 15) is 4.79 Å². The maximum Gasteiger partial charge on any atom is 0.246 e.